The quantitative estimate of drug-likeness (QED) is 0.887. The smallest absolute Gasteiger partial charge is 0.248 e. The van der Waals surface area contributed by atoms with Crippen LogP contribution in [0.25, 0.3) is 0 Å². The van der Waals surface area contributed by atoms with Crippen molar-refractivity contribution in [2.45, 2.75) is 58.9 Å². The van der Waals surface area contributed by atoms with Crippen LogP contribution >= 0.6 is 0 Å². The summed E-state index contributed by atoms with van der Waals surface area (Å²) in [6.45, 7) is 13.4. The van der Waals surface area contributed by atoms with E-state index in [-0.39, 0.29) is 10.8 Å². The second kappa shape index (κ2) is 6.82. The molecule has 25 heavy (non-hydrogen) atoms. The molecule has 134 valence electrons. The van der Waals surface area contributed by atoms with E-state index in [1.807, 2.05) is 18.2 Å². The summed E-state index contributed by atoms with van der Waals surface area (Å²) in [6, 6.07) is 9.27. The Labute approximate surface area is 150 Å². The number of amides is 1. The van der Waals surface area contributed by atoms with Crippen LogP contribution in [0.5, 0.6) is 0 Å². The van der Waals surface area contributed by atoms with Crippen molar-refractivity contribution in [3.63, 3.8) is 0 Å². The summed E-state index contributed by atoms with van der Waals surface area (Å²) in [5.74, 6) is 1.22. The van der Waals surface area contributed by atoms with Crippen molar-refractivity contribution < 1.29 is 4.79 Å². The largest absolute Gasteiger partial charge is 0.366 e. The fourth-order valence-electron chi connectivity index (χ4n) is 2.24. The maximum Gasteiger partial charge on any atom is 0.248 e. The Balaban J connectivity index is 2.24. The number of hydrogen-bond acceptors (Lipinski definition) is 4. The minimum absolute atomic E-state index is 0.0531. The predicted octanol–water partition coefficient (Wildman–Crippen LogP) is 3.78. The van der Waals surface area contributed by atoms with Gasteiger partial charge in [0.15, 0.2) is 0 Å². The van der Waals surface area contributed by atoms with Gasteiger partial charge in [0.1, 0.15) is 11.6 Å². The Hall–Kier alpha value is -2.43. The van der Waals surface area contributed by atoms with Gasteiger partial charge in [-0.25, -0.2) is 9.97 Å². The van der Waals surface area contributed by atoms with Crippen LogP contribution in [0.1, 0.15) is 69.0 Å². The van der Waals surface area contributed by atoms with E-state index in [1.54, 1.807) is 12.1 Å². The molecule has 0 saturated heterocycles. The fraction of sp³-hybridized carbons (Fsp3) is 0.450. The summed E-state index contributed by atoms with van der Waals surface area (Å²) in [4.78, 5) is 20.6. The number of nitrogens with two attached hydrogens (primary N) is 1. The van der Waals surface area contributed by atoms with Crippen LogP contribution in [0.4, 0.5) is 5.82 Å². The molecule has 0 unspecified atom stereocenters. The lowest BCUT2D eigenvalue weighted by molar-refractivity contribution is 0.100. The van der Waals surface area contributed by atoms with E-state index >= 15 is 0 Å². The number of nitrogens with zero attached hydrogens (tertiary/aromatic N) is 2. The molecule has 0 radical (unpaired) electrons. The van der Waals surface area contributed by atoms with Gasteiger partial charge in [-0.15, -0.1) is 0 Å². The minimum Gasteiger partial charge on any atom is -0.366 e. The molecule has 1 aromatic carbocycles. The lowest BCUT2D eigenvalue weighted by Crippen LogP contribution is -2.22. The molecule has 0 fully saturated rings. The molecule has 0 aliphatic rings. The Morgan fingerprint density at radius 1 is 1.00 bits per heavy atom. The van der Waals surface area contributed by atoms with E-state index < -0.39 is 5.91 Å². The first-order valence-corrected chi connectivity index (χ1v) is 8.49. The number of rotatable bonds is 4. The van der Waals surface area contributed by atoms with Crippen molar-refractivity contribution in [2.24, 2.45) is 5.73 Å². The molecule has 0 bridgehead atoms. The number of benzene rings is 1. The lowest BCUT2D eigenvalue weighted by atomic mass is 9.90. The van der Waals surface area contributed by atoms with Gasteiger partial charge in [-0.1, -0.05) is 53.7 Å². The molecular formula is C20H28N4O. The Kier molecular flexibility index (Phi) is 5.16. The molecule has 0 aliphatic heterocycles. The molecule has 1 aromatic heterocycles. The Morgan fingerprint density at radius 2 is 1.60 bits per heavy atom. The average molecular weight is 340 g/mol. The van der Waals surface area contributed by atoms with Crippen LogP contribution in [-0.4, -0.2) is 15.9 Å². The summed E-state index contributed by atoms with van der Waals surface area (Å²) >= 11 is 0. The molecule has 2 aromatic rings. The number of aromatic nitrogens is 2. The van der Waals surface area contributed by atoms with Crippen molar-refractivity contribution in [1.29, 1.82) is 0 Å². The number of anilines is 1. The normalized spacial score (nSPS) is 12.1. The number of hydrogen-bond donors (Lipinski definition) is 2. The Morgan fingerprint density at radius 3 is 2.08 bits per heavy atom. The molecule has 0 spiro atoms. The van der Waals surface area contributed by atoms with Gasteiger partial charge in [-0.3, -0.25) is 4.79 Å². The summed E-state index contributed by atoms with van der Waals surface area (Å²) in [6.07, 6.45) is 0. The number of primary amides is 1. The van der Waals surface area contributed by atoms with Gasteiger partial charge in [-0.05, 0) is 17.7 Å². The number of carbonyl (C=O) groups excluding carboxylic acids is 1. The van der Waals surface area contributed by atoms with E-state index in [1.165, 1.54) is 0 Å². The molecule has 0 atom stereocenters. The van der Waals surface area contributed by atoms with Crippen LogP contribution in [-0.2, 0) is 17.4 Å². The highest BCUT2D eigenvalue weighted by atomic mass is 16.1. The molecule has 2 rings (SSSR count). The molecular weight excluding hydrogens is 312 g/mol. The van der Waals surface area contributed by atoms with E-state index in [9.17, 15) is 4.79 Å². The highest BCUT2D eigenvalue weighted by Crippen LogP contribution is 2.26. The third-order valence-corrected chi connectivity index (χ3v) is 3.88. The number of carbonyl (C=O) groups is 1. The zero-order valence-corrected chi connectivity index (χ0v) is 16.0. The zero-order valence-electron chi connectivity index (χ0n) is 16.0. The van der Waals surface area contributed by atoms with Gasteiger partial charge in [0.05, 0.1) is 5.69 Å². The lowest BCUT2D eigenvalue weighted by Gasteiger charge is -2.24. The van der Waals surface area contributed by atoms with Crippen molar-refractivity contribution >= 4 is 11.7 Å². The van der Waals surface area contributed by atoms with Crippen LogP contribution in [0.15, 0.2) is 30.3 Å². The first-order chi connectivity index (χ1) is 11.5. The highest BCUT2D eigenvalue weighted by Gasteiger charge is 2.23. The molecule has 3 N–H and O–H groups in total. The van der Waals surface area contributed by atoms with Gasteiger partial charge >= 0.3 is 0 Å². The molecule has 0 saturated carbocycles. The SMILES string of the molecule is CC(C)(C)c1cc(NCc2ccc(C(N)=O)cc2)nc(C(C)(C)C)n1. The van der Waals surface area contributed by atoms with Crippen LogP contribution in [0, 0.1) is 0 Å². The van der Waals surface area contributed by atoms with Gasteiger partial charge < -0.3 is 11.1 Å². The third kappa shape index (κ3) is 5.02. The van der Waals surface area contributed by atoms with Gasteiger partial charge in [0, 0.05) is 29.0 Å². The highest BCUT2D eigenvalue weighted by molar-refractivity contribution is 5.92. The molecule has 0 aliphatic carbocycles. The third-order valence-electron chi connectivity index (χ3n) is 3.88. The molecule has 1 heterocycles. The van der Waals surface area contributed by atoms with Crippen LogP contribution < -0.4 is 11.1 Å². The average Bonchev–Trinajstić information content (AvgIpc) is 2.51. The zero-order chi connectivity index (χ0) is 18.8. The summed E-state index contributed by atoms with van der Waals surface area (Å²) in [5, 5.41) is 3.37. The summed E-state index contributed by atoms with van der Waals surface area (Å²) < 4.78 is 0. The van der Waals surface area contributed by atoms with E-state index in [0.29, 0.717) is 12.1 Å². The standard InChI is InChI=1S/C20H28N4O/c1-19(2,3)15-11-16(24-18(23-15)20(4,5)6)22-12-13-7-9-14(10-8-13)17(21)25/h7-11H,12H2,1-6H3,(H2,21,25)(H,22,23,24). The number of nitrogens with one attached hydrogen (secondary N) is 1. The second-order valence-corrected chi connectivity index (χ2v) is 8.38. The monoisotopic (exact) mass is 340 g/mol. The van der Waals surface area contributed by atoms with Crippen molar-refractivity contribution in [2.75, 3.05) is 5.32 Å². The maximum atomic E-state index is 11.1. The van der Waals surface area contributed by atoms with Crippen LogP contribution in [0.3, 0.4) is 0 Å². The first-order valence-electron chi connectivity index (χ1n) is 8.49. The predicted molar refractivity (Wildman–Crippen MR) is 102 cm³/mol. The molecule has 1 amide bonds. The Bertz CT molecular complexity index is 720. The second-order valence-electron chi connectivity index (χ2n) is 8.38. The topological polar surface area (TPSA) is 80.9 Å². The maximum absolute atomic E-state index is 11.1. The first kappa shape index (κ1) is 18.9. The van der Waals surface area contributed by atoms with Crippen molar-refractivity contribution in [3.8, 4) is 0 Å². The molecule has 5 nitrogen and oxygen atoms in total. The summed E-state index contributed by atoms with van der Waals surface area (Å²) in [7, 11) is 0. The minimum atomic E-state index is -0.417. The summed E-state index contributed by atoms with van der Waals surface area (Å²) in [5.41, 5.74) is 7.67. The van der Waals surface area contributed by atoms with E-state index in [0.717, 1.165) is 22.9 Å². The van der Waals surface area contributed by atoms with Gasteiger partial charge in [-0.2, -0.15) is 0 Å². The van der Waals surface area contributed by atoms with Crippen LogP contribution in [0.2, 0.25) is 0 Å². The fourth-order valence-corrected chi connectivity index (χ4v) is 2.24. The van der Waals surface area contributed by atoms with Crippen molar-refractivity contribution in [3.05, 3.63) is 53.0 Å². The van der Waals surface area contributed by atoms with Crippen molar-refractivity contribution in [1.82, 2.24) is 9.97 Å². The molecule has 5 heteroatoms. The van der Waals surface area contributed by atoms with E-state index in [4.69, 9.17) is 10.7 Å². The van der Waals surface area contributed by atoms with Gasteiger partial charge in [0.2, 0.25) is 5.91 Å². The van der Waals surface area contributed by atoms with Gasteiger partial charge in [0.25, 0.3) is 0 Å². The van der Waals surface area contributed by atoms with E-state index in [2.05, 4.69) is 51.8 Å².